The molecule has 1 aliphatic rings. The van der Waals surface area contributed by atoms with Gasteiger partial charge in [0.15, 0.2) is 11.0 Å². The number of hydrogen-bond acceptors (Lipinski definition) is 3. The normalized spacial score (nSPS) is 21.6. The molecule has 2 heterocycles. The van der Waals surface area contributed by atoms with Gasteiger partial charge < -0.3 is 4.90 Å². The second-order valence-electron chi connectivity index (χ2n) is 3.72. The van der Waals surface area contributed by atoms with Gasteiger partial charge in [-0.05, 0) is 24.5 Å². The van der Waals surface area contributed by atoms with Crippen LogP contribution in [0.25, 0.3) is 0 Å². The predicted molar refractivity (Wildman–Crippen MR) is 57.7 cm³/mol. The summed E-state index contributed by atoms with van der Waals surface area (Å²) in [5.41, 5.74) is 0. The number of aromatic nitrogens is 2. The van der Waals surface area contributed by atoms with Crippen LogP contribution in [0, 0.1) is 5.92 Å². The zero-order valence-electron chi connectivity index (χ0n) is 8.28. The average molecular weight is 212 g/mol. The first-order valence-corrected chi connectivity index (χ1v) is 5.41. The Hall–Kier alpha value is -0.830. The van der Waals surface area contributed by atoms with Crippen LogP contribution in [0.4, 0.5) is 5.82 Å². The van der Waals surface area contributed by atoms with Crippen LogP contribution in [0.1, 0.15) is 19.8 Å². The van der Waals surface area contributed by atoms with E-state index in [0.717, 1.165) is 24.8 Å². The smallest absolute Gasteiger partial charge is 0.151 e. The van der Waals surface area contributed by atoms with Gasteiger partial charge in [-0.2, -0.15) is 0 Å². The molecule has 1 aromatic rings. The average Bonchev–Trinajstić information content (AvgIpc) is 2.67. The first-order chi connectivity index (χ1) is 6.79. The third kappa shape index (κ3) is 1.98. The minimum atomic E-state index is 0.458. The zero-order chi connectivity index (χ0) is 9.97. The highest BCUT2D eigenvalue weighted by atomic mass is 35.5. The van der Waals surface area contributed by atoms with E-state index in [9.17, 15) is 0 Å². The van der Waals surface area contributed by atoms with E-state index in [1.54, 1.807) is 6.07 Å². The molecule has 0 radical (unpaired) electrons. The first kappa shape index (κ1) is 9.71. The number of rotatable bonds is 2. The Morgan fingerprint density at radius 3 is 2.93 bits per heavy atom. The molecule has 14 heavy (non-hydrogen) atoms. The number of halogens is 1. The largest absolute Gasteiger partial charge is 0.355 e. The molecule has 0 spiro atoms. The summed E-state index contributed by atoms with van der Waals surface area (Å²) in [5, 5.41) is 8.38. The SMILES string of the molecule is CCC1CCN(c2ccc(Cl)nn2)C1. The third-order valence-electron chi connectivity index (χ3n) is 2.81. The molecule has 0 aliphatic carbocycles. The molecule has 0 N–H and O–H groups in total. The molecule has 0 bridgehead atoms. The van der Waals surface area contributed by atoms with Crippen molar-refractivity contribution < 1.29 is 0 Å². The summed E-state index contributed by atoms with van der Waals surface area (Å²) in [7, 11) is 0. The van der Waals surface area contributed by atoms with Gasteiger partial charge in [0.2, 0.25) is 0 Å². The van der Waals surface area contributed by atoms with Crippen molar-refractivity contribution in [3.63, 3.8) is 0 Å². The van der Waals surface area contributed by atoms with E-state index in [-0.39, 0.29) is 0 Å². The molecule has 1 unspecified atom stereocenters. The summed E-state index contributed by atoms with van der Waals surface area (Å²) in [6, 6.07) is 3.73. The van der Waals surface area contributed by atoms with Crippen LogP contribution in [0.5, 0.6) is 0 Å². The molecule has 1 aromatic heterocycles. The topological polar surface area (TPSA) is 29.0 Å². The molecule has 4 heteroatoms. The van der Waals surface area contributed by atoms with E-state index in [4.69, 9.17) is 11.6 Å². The monoisotopic (exact) mass is 211 g/mol. The highest BCUT2D eigenvalue weighted by Crippen LogP contribution is 2.23. The standard InChI is InChI=1S/C10H14ClN3/c1-2-8-5-6-14(7-8)10-4-3-9(11)12-13-10/h3-4,8H,2,5-7H2,1H3. The maximum absolute atomic E-state index is 5.68. The Morgan fingerprint density at radius 2 is 2.36 bits per heavy atom. The third-order valence-corrected chi connectivity index (χ3v) is 3.01. The second kappa shape index (κ2) is 4.13. The minimum absolute atomic E-state index is 0.458. The van der Waals surface area contributed by atoms with Crippen molar-refractivity contribution in [3.05, 3.63) is 17.3 Å². The molecule has 1 aliphatic heterocycles. The fourth-order valence-electron chi connectivity index (χ4n) is 1.85. The molecule has 76 valence electrons. The molecule has 0 saturated carbocycles. The summed E-state index contributed by atoms with van der Waals surface area (Å²) in [6.07, 6.45) is 2.51. The molecule has 2 rings (SSSR count). The molecule has 0 aromatic carbocycles. The molecule has 1 fully saturated rings. The fraction of sp³-hybridized carbons (Fsp3) is 0.600. The fourth-order valence-corrected chi connectivity index (χ4v) is 1.95. The summed E-state index contributed by atoms with van der Waals surface area (Å²) in [4.78, 5) is 2.28. The number of hydrogen-bond donors (Lipinski definition) is 0. The van der Waals surface area contributed by atoms with Crippen LogP contribution in [0.3, 0.4) is 0 Å². The highest BCUT2D eigenvalue weighted by molar-refractivity contribution is 6.29. The van der Waals surface area contributed by atoms with Crippen molar-refractivity contribution >= 4 is 17.4 Å². The summed E-state index contributed by atoms with van der Waals surface area (Å²) >= 11 is 5.68. The lowest BCUT2D eigenvalue weighted by Crippen LogP contribution is -2.20. The maximum atomic E-state index is 5.68. The lowest BCUT2D eigenvalue weighted by Gasteiger charge is -2.15. The van der Waals surface area contributed by atoms with Crippen molar-refractivity contribution in [1.29, 1.82) is 0 Å². The Bertz CT molecular complexity index is 299. The Balaban J connectivity index is 2.06. The van der Waals surface area contributed by atoms with E-state index in [0.29, 0.717) is 5.15 Å². The van der Waals surface area contributed by atoms with Crippen molar-refractivity contribution in [2.75, 3.05) is 18.0 Å². The van der Waals surface area contributed by atoms with Crippen molar-refractivity contribution in [2.45, 2.75) is 19.8 Å². The van der Waals surface area contributed by atoms with Gasteiger partial charge in [-0.15, -0.1) is 10.2 Å². The van der Waals surface area contributed by atoms with Crippen molar-refractivity contribution in [2.24, 2.45) is 5.92 Å². The van der Waals surface area contributed by atoms with E-state index in [1.807, 2.05) is 6.07 Å². The van der Waals surface area contributed by atoms with Gasteiger partial charge in [-0.3, -0.25) is 0 Å². The van der Waals surface area contributed by atoms with Crippen molar-refractivity contribution in [1.82, 2.24) is 10.2 Å². The van der Waals surface area contributed by atoms with Gasteiger partial charge in [0.1, 0.15) is 0 Å². The van der Waals surface area contributed by atoms with E-state index in [2.05, 4.69) is 22.0 Å². The lowest BCUT2D eigenvalue weighted by atomic mass is 10.1. The van der Waals surface area contributed by atoms with E-state index in [1.165, 1.54) is 12.8 Å². The van der Waals surface area contributed by atoms with Gasteiger partial charge >= 0.3 is 0 Å². The summed E-state index contributed by atoms with van der Waals surface area (Å²) < 4.78 is 0. The number of anilines is 1. The summed E-state index contributed by atoms with van der Waals surface area (Å²) in [6.45, 7) is 4.43. The van der Waals surface area contributed by atoms with Crippen molar-refractivity contribution in [3.8, 4) is 0 Å². The van der Waals surface area contributed by atoms with Gasteiger partial charge in [0.05, 0.1) is 0 Å². The Labute approximate surface area is 89.1 Å². The molecule has 3 nitrogen and oxygen atoms in total. The van der Waals surface area contributed by atoms with Gasteiger partial charge in [-0.25, -0.2) is 0 Å². The van der Waals surface area contributed by atoms with E-state index >= 15 is 0 Å². The van der Waals surface area contributed by atoms with Crippen LogP contribution in [0.2, 0.25) is 5.15 Å². The molecule has 1 saturated heterocycles. The van der Waals surface area contributed by atoms with E-state index < -0.39 is 0 Å². The van der Waals surface area contributed by atoms with Crippen LogP contribution in [-0.4, -0.2) is 23.3 Å². The molecule has 1 atom stereocenters. The Kier molecular flexibility index (Phi) is 2.87. The van der Waals surface area contributed by atoms with Gasteiger partial charge in [-0.1, -0.05) is 24.9 Å². The zero-order valence-corrected chi connectivity index (χ0v) is 9.04. The quantitative estimate of drug-likeness (QED) is 0.752. The predicted octanol–water partition coefficient (Wildman–Crippen LogP) is 2.37. The highest BCUT2D eigenvalue weighted by Gasteiger charge is 2.21. The first-order valence-electron chi connectivity index (χ1n) is 5.03. The molecular weight excluding hydrogens is 198 g/mol. The van der Waals surface area contributed by atoms with Crippen LogP contribution >= 0.6 is 11.6 Å². The van der Waals surface area contributed by atoms with Gasteiger partial charge in [0.25, 0.3) is 0 Å². The molecule has 0 amide bonds. The molecular formula is C10H14ClN3. The van der Waals surface area contributed by atoms with Crippen LogP contribution in [-0.2, 0) is 0 Å². The Morgan fingerprint density at radius 1 is 1.50 bits per heavy atom. The van der Waals surface area contributed by atoms with Crippen LogP contribution < -0.4 is 4.90 Å². The summed E-state index contributed by atoms with van der Waals surface area (Å²) in [5.74, 6) is 1.76. The number of nitrogens with zero attached hydrogens (tertiary/aromatic N) is 3. The van der Waals surface area contributed by atoms with Gasteiger partial charge in [0, 0.05) is 13.1 Å². The van der Waals surface area contributed by atoms with Crippen LogP contribution in [0.15, 0.2) is 12.1 Å². The lowest BCUT2D eigenvalue weighted by molar-refractivity contribution is 0.568. The minimum Gasteiger partial charge on any atom is -0.355 e. The maximum Gasteiger partial charge on any atom is 0.151 e. The second-order valence-corrected chi connectivity index (χ2v) is 4.11.